The average molecular weight is 177 g/mol. The van der Waals surface area contributed by atoms with Crippen molar-refractivity contribution >= 4 is 5.69 Å². The second kappa shape index (κ2) is 3.75. The van der Waals surface area contributed by atoms with E-state index < -0.39 is 0 Å². The van der Waals surface area contributed by atoms with E-state index in [0.29, 0.717) is 6.04 Å². The maximum atomic E-state index is 5.70. The van der Waals surface area contributed by atoms with Gasteiger partial charge in [0.15, 0.2) is 0 Å². The molecule has 1 fully saturated rings. The Morgan fingerprint density at radius 1 is 1.62 bits per heavy atom. The minimum absolute atomic E-state index is 0.518. The van der Waals surface area contributed by atoms with Crippen molar-refractivity contribution < 1.29 is 0 Å². The van der Waals surface area contributed by atoms with Gasteiger partial charge in [0.25, 0.3) is 0 Å². The largest absolute Gasteiger partial charge is 0.366 e. The SMILES string of the molecule is NC[C@@H]1CCCN1c1cccnc1. The van der Waals surface area contributed by atoms with Gasteiger partial charge < -0.3 is 10.6 Å². The third kappa shape index (κ3) is 1.65. The topological polar surface area (TPSA) is 42.1 Å². The summed E-state index contributed by atoms with van der Waals surface area (Å²) in [6.07, 6.45) is 6.17. The highest BCUT2D eigenvalue weighted by atomic mass is 15.2. The van der Waals surface area contributed by atoms with E-state index in [1.54, 1.807) is 6.20 Å². The molecule has 2 N–H and O–H groups in total. The van der Waals surface area contributed by atoms with Crippen LogP contribution < -0.4 is 10.6 Å². The van der Waals surface area contributed by atoms with Gasteiger partial charge in [0, 0.05) is 25.3 Å². The monoisotopic (exact) mass is 177 g/mol. The fourth-order valence-electron chi connectivity index (χ4n) is 1.94. The molecule has 1 aliphatic rings. The molecule has 0 aliphatic carbocycles. The average Bonchev–Trinajstić information content (AvgIpc) is 2.67. The van der Waals surface area contributed by atoms with E-state index in [1.165, 1.54) is 18.5 Å². The zero-order valence-electron chi connectivity index (χ0n) is 7.69. The van der Waals surface area contributed by atoms with Crippen LogP contribution in [0.25, 0.3) is 0 Å². The molecule has 0 bridgehead atoms. The Labute approximate surface area is 78.6 Å². The van der Waals surface area contributed by atoms with Crippen LogP contribution in [0, 0.1) is 0 Å². The second-order valence-corrected chi connectivity index (χ2v) is 3.44. The summed E-state index contributed by atoms with van der Waals surface area (Å²) >= 11 is 0. The van der Waals surface area contributed by atoms with Crippen molar-refractivity contribution in [2.45, 2.75) is 18.9 Å². The smallest absolute Gasteiger partial charge is 0.0555 e. The maximum Gasteiger partial charge on any atom is 0.0555 e. The number of pyridine rings is 1. The highest BCUT2D eigenvalue weighted by Crippen LogP contribution is 2.23. The molecule has 3 heteroatoms. The molecular weight excluding hydrogens is 162 g/mol. The van der Waals surface area contributed by atoms with E-state index >= 15 is 0 Å². The molecule has 13 heavy (non-hydrogen) atoms. The van der Waals surface area contributed by atoms with E-state index in [4.69, 9.17) is 5.73 Å². The Bertz CT molecular complexity index is 260. The van der Waals surface area contributed by atoms with Gasteiger partial charge in [-0.25, -0.2) is 0 Å². The summed E-state index contributed by atoms with van der Waals surface area (Å²) in [6, 6.07) is 4.59. The molecular formula is C10H15N3. The van der Waals surface area contributed by atoms with Crippen LogP contribution in [0.15, 0.2) is 24.5 Å². The van der Waals surface area contributed by atoms with E-state index in [1.807, 2.05) is 12.3 Å². The molecule has 0 unspecified atom stereocenters. The molecule has 2 heterocycles. The predicted molar refractivity (Wildman–Crippen MR) is 53.7 cm³/mol. The molecule has 70 valence electrons. The molecule has 0 aromatic carbocycles. The molecule has 1 atom stereocenters. The van der Waals surface area contributed by atoms with Crippen molar-refractivity contribution in [3.8, 4) is 0 Å². The van der Waals surface area contributed by atoms with E-state index in [2.05, 4.69) is 16.0 Å². The summed E-state index contributed by atoms with van der Waals surface area (Å²) in [5.41, 5.74) is 6.90. The van der Waals surface area contributed by atoms with Gasteiger partial charge in [0.2, 0.25) is 0 Å². The summed E-state index contributed by atoms with van der Waals surface area (Å²) in [4.78, 5) is 6.47. The molecule has 3 nitrogen and oxygen atoms in total. The Morgan fingerprint density at radius 3 is 3.23 bits per heavy atom. The van der Waals surface area contributed by atoms with Crippen LogP contribution in [0.5, 0.6) is 0 Å². The third-order valence-corrected chi connectivity index (χ3v) is 2.63. The van der Waals surface area contributed by atoms with Crippen LogP contribution in [0.4, 0.5) is 5.69 Å². The molecule has 2 rings (SSSR count). The maximum absolute atomic E-state index is 5.70. The summed E-state index contributed by atoms with van der Waals surface area (Å²) in [7, 11) is 0. The molecule has 1 aromatic heterocycles. The normalized spacial score (nSPS) is 22.2. The van der Waals surface area contributed by atoms with Gasteiger partial charge in [0.1, 0.15) is 0 Å². The first-order valence-corrected chi connectivity index (χ1v) is 4.78. The molecule has 0 radical (unpaired) electrons. The van der Waals surface area contributed by atoms with Gasteiger partial charge in [-0.15, -0.1) is 0 Å². The van der Waals surface area contributed by atoms with E-state index in [-0.39, 0.29) is 0 Å². The summed E-state index contributed by atoms with van der Waals surface area (Å²) < 4.78 is 0. The van der Waals surface area contributed by atoms with Crippen LogP contribution >= 0.6 is 0 Å². The zero-order chi connectivity index (χ0) is 9.10. The predicted octanol–water partition coefficient (Wildman–Crippen LogP) is 1.01. The Hall–Kier alpha value is -1.09. The first kappa shape index (κ1) is 8.51. The molecule has 0 saturated carbocycles. The van der Waals surface area contributed by atoms with Crippen molar-refractivity contribution in [2.75, 3.05) is 18.0 Å². The standard InChI is InChI=1S/C10H15N3/c11-7-9-4-2-6-13(9)10-3-1-5-12-8-10/h1,3,5,8-9H,2,4,6-7,11H2/t9-/m0/s1. The van der Waals surface area contributed by atoms with Crippen molar-refractivity contribution in [3.05, 3.63) is 24.5 Å². The lowest BCUT2D eigenvalue weighted by atomic mass is 10.2. The molecule has 1 saturated heterocycles. The van der Waals surface area contributed by atoms with Gasteiger partial charge >= 0.3 is 0 Å². The molecule has 0 spiro atoms. The van der Waals surface area contributed by atoms with Crippen molar-refractivity contribution in [1.82, 2.24) is 4.98 Å². The van der Waals surface area contributed by atoms with Crippen LogP contribution in [0.1, 0.15) is 12.8 Å². The fraction of sp³-hybridized carbons (Fsp3) is 0.500. The lowest BCUT2D eigenvalue weighted by Gasteiger charge is -2.24. The number of hydrogen-bond acceptors (Lipinski definition) is 3. The van der Waals surface area contributed by atoms with Gasteiger partial charge in [-0.2, -0.15) is 0 Å². The molecule has 1 aromatic rings. The minimum Gasteiger partial charge on any atom is -0.366 e. The Morgan fingerprint density at radius 2 is 2.54 bits per heavy atom. The van der Waals surface area contributed by atoms with Gasteiger partial charge in [-0.05, 0) is 25.0 Å². The lowest BCUT2D eigenvalue weighted by molar-refractivity contribution is 0.676. The van der Waals surface area contributed by atoms with Crippen molar-refractivity contribution in [1.29, 1.82) is 0 Å². The number of aromatic nitrogens is 1. The fourth-order valence-corrected chi connectivity index (χ4v) is 1.94. The molecule has 0 amide bonds. The highest BCUT2D eigenvalue weighted by Gasteiger charge is 2.22. The quantitative estimate of drug-likeness (QED) is 0.733. The summed E-state index contributed by atoms with van der Waals surface area (Å²) in [5, 5.41) is 0. The van der Waals surface area contributed by atoms with Gasteiger partial charge in [0.05, 0.1) is 11.9 Å². The molecule has 1 aliphatic heterocycles. The lowest BCUT2D eigenvalue weighted by Crippen LogP contribution is -2.35. The van der Waals surface area contributed by atoms with Crippen LogP contribution in [0.3, 0.4) is 0 Å². The second-order valence-electron chi connectivity index (χ2n) is 3.44. The van der Waals surface area contributed by atoms with Crippen LogP contribution in [-0.2, 0) is 0 Å². The van der Waals surface area contributed by atoms with Crippen LogP contribution in [0.2, 0.25) is 0 Å². The summed E-state index contributed by atoms with van der Waals surface area (Å²) in [6.45, 7) is 1.86. The number of nitrogens with zero attached hydrogens (tertiary/aromatic N) is 2. The first-order chi connectivity index (χ1) is 6.42. The highest BCUT2D eigenvalue weighted by molar-refractivity contribution is 5.45. The number of hydrogen-bond donors (Lipinski definition) is 1. The van der Waals surface area contributed by atoms with Crippen molar-refractivity contribution in [2.24, 2.45) is 5.73 Å². The van der Waals surface area contributed by atoms with Gasteiger partial charge in [-0.1, -0.05) is 0 Å². The van der Waals surface area contributed by atoms with Crippen LogP contribution in [-0.4, -0.2) is 24.1 Å². The third-order valence-electron chi connectivity index (χ3n) is 2.63. The summed E-state index contributed by atoms with van der Waals surface area (Å²) in [5.74, 6) is 0. The van der Waals surface area contributed by atoms with E-state index in [0.717, 1.165) is 13.1 Å². The number of rotatable bonds is 2. The minimum atomic E-state index is 0.518. The van der Waals surface area contributed by atoms with Gasteiger partial charge in [-0.3, -0.25) is 4.98 Å². The zero-order valence-corrected chi connectivity index (χ0v) is 7.69. The Balaban J connectivity index is 2.16. The first-order valence-electron chi connectivity index (χ1n) is 4.78. The number of nitrogens with two attached hydrogens (primary N) is 1. The number of anilines is 1. The van der Waals surface area contributed by atoms with E-state index in [9.17, 15) is 0 Å². The van der Waals surface area contributed by atoms with Crippen molar-refractivity contribution in [3.63, 3.8) is 0 Å². The Kier molecular flexibility index (Phi) is 2.45.